The lowest BCUT2D eigenvalue weighted by Crippen LogP contribution is -2.47. The molecule has 1 aromatic heterocycles. The fourth-order valence-corrected chi connectivity index (χ4v) is 3.46. The number of benzene rings is 1. The van der Waals surface area contributed by atoms with Crippen molar-refractivity contribution in [3.63, 3.8) is 0 Å². The van der Waals surface area contributed by atoms with E-state index in [1.807, 2.05) is 0 Å². The Balaban J connectivity index is 1.69. The van der Waals surface area contributed by atoms with Crippen LogP contribution in [0.4, 0.5) is 22.4 Å². The number of pyridine rings is 1. The Hall–Kier alpha value is -3.17. The van der Waals surface area contributed by atoms with E-state index < -0.39 is 42.1 Å². The van der Waals surface area contributed by atoms with Gasteiger partial charge < -0.3 is 10.1 Å². The predicted octanol–water partition coefficient (Wildman–Crippen LogP) is 4.79. The summed E-state index contributed by atoms with van der Waals surface area (Å²) in [7, 11) is 0. The van der Waals surface area contributed by atoms with E-state index in [-0.39, 0.29) is 30.6 Å². The van der Waals surface area contributed by atoms with Crippen LogP contribution in [0.3, 0.4) is 0 Å². The Morgan fingerprint density at radius 2 is 1.91 bits per heavy atom. The molecule has 2 aromatic rings. The first-order valence-corrected chi connectivity index (χ1v) is 10.4. The molecule has 3 rings (SSSR count). The lowest BCUT2D eigenvalue weighted by atomic mass is 10.0. The zero-order valence-electron chi connectivity index (χ0n) is 18.4. The number of likely N-dealkylation sites (tertiary alicyclic amines) is 1. The third-order valence-corrected chi connectivity index (χ3v) is 5.01. The molecule has 1 N–H and O–H groups in total. The molecule has 0 unspecified atom stereocenters. The number of aromatic nitrogens is 1. The van der Waals surface area contributed by atoms with Crippen molar-refractivity contribution in [2.24, 2.45) is 0 Å². The van der Waals surface area contributed by atoms with Gasteiger partial charge in [0.05, 0.1) is 25.0 Å². The summed E-state index contributed by atoms with van der Waals surface area (Å²) in [6.45, 7) is 4.66. The summed E-state index contributed by atoms with van der Waals surface area (Å²) in [5, 5.41) is 2.59. The normalized spacial score (nSPS) is 18.5. The third-order valence-electron chi connectivity index (χ3n) is 5.01. The first-order valence-electron chi connectivity index (χ1n) is 10.4. The van der Waals surface area contributed by atoms with Crippen LogP contribution < -0.4 is 5.32 Å². The second kappa shape index (κ2) is 9.76. The highest BCUT2D eigenvalue weighted by Gasteiger charge is 2.41. The average molecular weight is 467 g/mol. The van der Waals surface area contributed by atoms with E-state index in [0.717, 1.165) is 11.1 Å². The molecule has 10 heteroatoms. The molecule has 33 heavy (non-hydrogen) atoms. The number of nitrogens with zero attached hydrogens (tertiary/aromatic N) is 2. The SMILES string of the molecule is CC(C)(C)OC(=O)N1C[C@H](F)C[C@H]1C(=O)NCc1cc(-c2ccc(C(F)F)cc2)c(F)cn1. The fraction of sp³-hybridized carbons (Fsp3) is 0.435. The molecule has 0 aliphatic carbocycles. The van der Waals surface area contributed by atoms with E-state index in [2.05, 4.69) is 10.3 Å². The summed E-state index contributed by atoms with van der Waals surface area (Å²) in [6.07, 6.45) is -3.97. The fourth-order valence-electron chi connectivity index (χ4n) is 3.46. The molecule has 0 spiro atoms. The van der Waals surface area contributed by atoms with Crippen molar-refractivity contribution in [1.82, 2.24) is 15.2 Å². The van der Waals surface area contributed by atoms with Crippen molar-refractivity contribution in [3.8, 4) is 11.1 Å². The minimum absolute atomic E-state index is 0.100. The van der Waals surface area contributed by atoms with Gasteiger partial charge in [0.15, 0.2) is 0 Å². The molecule has 0 radical (unpaired) electrons. The summed E-state index contributed by atoms with van der Waals surface area (Å²) in [5.41, 5.74) is -0.169. The Labute approximate surface area is 188 Å². The zero-order valence-corrected chi connectivity index (χ0v) is 18.4. The maximum atomic E-state index is 14.3. The quantitative estimate of drug-likeness (QED) is 0.642. The van der Waals surface area contributed by atoms with Crippen LogP contribution in [0, 0.1) is 5.82 Å². The van der Waals surface area contributed by atoms with Gasteiger partial charge in [-0.05, 0) is 32.4 Å². The van der Waals surface area contributed by atoms with Gasteiger partial charge in [-0.3, -0.25) is 14.7 Å². The van der Waals surface area contributed by atoms with E-state index in [1.54, 1.807) is 20.8 Å². The standard InChI is InChI=1S/C23H25F4N3O3/c1-23(2,3)33-22(32)30-12-15(24)8-19(30)21(31)29-10-16-9-17(18(25)11-28-16)13-4-6-14(7-5-13)20(26)27/h4-7,9,11,15,19-20H,8,10,12H2,1-3H3,(H,29,31)/t15-,19+/m1/s1. The van der Waals surface area contributed by atoms with Crippen molar-refractivity contribution in [3.05, 3.63) is 53.6 Å². The molecule has 0 saturated carbocycles. The van der Waals surface area contributed by atoms with Crippen LogP contribution in [0.5, 0.6) is 0 Å². The number of carbonyl (C=O) groups is 2. The number of hydrogen-bond donors (Lipinski definition) is 1. The maximum Gasteiger partial charge on any atom is 0.411 e. The summed E-state index contributed by atoms with van der Waals surface area (Å²) in [4.78, 5) is 30.0. The van der Waals surface area contributed by atoms with Gasteiger partial charge in [-0.15, -0.1) is 0 Å². The van der Waals surface area contributed by atoms with Crippen LogP contribution >= 0.6 is 0 Å². The summed E-state index contributed by atoms with van der Waals surface area (Å²) >= 11 is 0. The minimum Gasteiger partial charge on any atom is -0.444 e. The zero-order chi connectivity index (χ0) is 24.3. The second-order valence-corrected chi connectivity index (χ2v) is 8.78. The molecule has 1 fully saturated rings. The van der Waals surface area contributed by atoms with Gasteiger partial charge in [0.2, 0.25) is 5.91 Å². The van der Waals surface area contributed by atoms with Crippen molar-refractivity contribution in [2.75, 3.05) is 6.54 Å². The topological polar surface area (TPSA) is 71.5 Å². The van der Waals surface area contributed by atoms with Gasteiger partial charge in [-0.25, -0.2) is 22.4 Å². The molecule has 6 nitrogen and oxygen atoms in total. The summed E-state index contributed by atoms with van der Waals surface area (Å²) in [5.74, 6) is -1.24. The van der Waals surface area contributed by atoms with Crippen LogP contribution in [-0.4, -0.2) is 46.2 Å². The molecule has 178 valence electrons. The van der Waals surface area contributed by atoms with Gasteiger partial charge in [-0.2, -0.15) is 0 Å². The Kier molecular flexibility index (Phi) is 7.24. The molecule has 1 aliphatic rings. The van der Waals surface area contributed by atoms with E-state index in [4.69, 9.17) is 4.74 Å². The molecule has 2 amide bonds. The number of ether oxygens (including phenoxy) is 1. The molecule has 1 saturated heterocycles. The monoisotopic (exact) mass is 467 g/mol. The van der Waals surface area contributed by atoms with Crippen LogP contribution in [0.1, 0.15) is 44.9 Å². The molecule has 2 atom stereocenters. The number of halogens is 4. The maximum absolute atomic E-state index is 14.3. The van der Waals surface area contributed by atoms with E-state index in [9.17, 15) is 27.2 Å². The molecular formula is C23H25F4N3O3. The van der Waals surface area contributed by atoms with Crippen LogP contribution in [0.25, 0.3) is 11.1 Å². The van der Waals surface area contributed by atoms with Gasteiger partial charge in [0, 0.05) is 17.5 Å². The van der Waals surface area contributed by atoms with E-state index in [1.165, 1.54) is 30.3 Å². The van der Waals surface area contributed by atoms with Gasteiger partial charge in [-0.1, -0.05) is 24.3 Å². The molecule has 2 heterocycles. The lowest BCUT2D eigenvalue weighted by molar-refractivity contribution is -0.125. The van der Waals surface area contributed by atoms with Gasteiger partial charge in [0.25, 0.3) is 6.43 Å². The van der Waals surface area contributed by atoms with Crippen LogP contribution in [0.15, 0.2) is 36.5 Å². The lowest BCUT2D eigenvalue weighted by Gasteiger charge is -2.27. The van der Waals surface area contributed by atoms with Gasteiger partial charge >= 0.3 is 6.09 Å². The highest BCUT2D eigenvalue weighted by Crippen LogP contribution is 2.27. The minimum atomic E-state index is -2.63. The van der Waals surface area contributed by atoms with Crippen molar-refractivity contribution < 1.29 is 31.9 Å². The third kappa shape index (κ3) is 6.21. The number of nitrogens with one attached hydrogen (secondary N) is 1. The summed E-state index contributed by atoms with van der Waals surface area (Å²) in [6, 6.07) is 5.52. The average Bonchev–Trinajstić information content (AvgIpc) is 3.14. The smallest absolute Gasteiger partial charge is 0.411 e. The number of rotatable bonds is 5. The number of amides is 2. The summed E-state index contributed by atoms with van der Waals surface area (Å²) < 4.78 is 59.0. The largest absolute Gasteiger partial charge is 0.444 e. The Morgan fingerprint density at radius 3 is 2.52 bits per heavy atom. The number of hydrogen-bond acceptors (Lipinski definition) is 4. The Morgan fingerprint density at radius 1 is 1.24 bits per heavy atom. The first-order chi connectivity index (χ1) is 15.4. The van der Waals surface area contributed by atoms with E-state index >= 15 is 0 Å². The molecule has 1 aromatic carbocycles. The highest BCUT2D eigenvalue weighted by atomic mass is 19.3. The number of alkyl halides is 3. The number of carbonyl (C=O) groups excluding carboxylic acids is 2. The van der Waals surface area contributed by atoms with Crippen molar-refractivity contribution in [1.29, 1.82) is 0 Å². The van der Waals surface area contributed by atoms with Crippen molar-refractivity contribution >= 4 is 12.0 Å². The second-order valence-electron chi connectivity index (χ2n) is 8.78. The molecule has 0 bridgehead atoms. The molecule has 1 aliphatic heterocycles. The van der Waals surface area contributed by atoms with Crippen molar-refractivity contribution in [2.45, 2.75) is 58.0 Å². The predicted molar refractivity (Wildman–Crippen MR) is 113 cm³/mol. The highest BCUT2D eigenvalue weighted by molar-refractivity contribution is 5.86. The van der Waals surface area contributed by atoms with E-state index in [0.29, 0.717) is 11.3 Å². The van der Waals surface area contributed by atoms with Crippen LogP contribution in [0.2, 0.25) is 0 Å². The van der Waals surface area contributed by atoms with Crippen LogP contribution in [-0.2, 0) is 16.1 Å². The first kappa shape index (κ1) is 24.5. The van der Waals surface area contributed by atoms with Gasteiger partial charge in [0.1, 0.15) is 23.6 Å². The Bertz CT molecular complexity index is 1010. The molecular weight excluding hydrogens is 442 g/mol.